The molecule has 0 saturated heterocycles. The molecule has 0 aromatic carbocycles. The van der Waals surface area contributed by atoms with Crippen LogP contribution in [0, 0.1) is 0 Å². The van der Waals surface area contributed by atoms with E-state index in [4.69, 9.17) is 11.6 Å². The van der Waals surface area contributed by atoms with Crippen LogP contribution in [0.4, 0.5) is 5.82 Å². The summed E-state index contributed by atoms with van der Waals surface area (Å²) in [6, 6.07) is 1.53. The number of carbonyl (C=O) groups is 1. The predicted molar refractivity (Wildman–Crippen MR) is 57.4 cm³/mol. The molecule has 0 fully saturated rings. The average molecular weight is 241 g/mol. The van der Waals surface area contributed by atoms with Crippen molar-refractivity contribution in [2.75, 3.05) is 5.32 Å². The van der Waals surface area contributed by atoms with Gasteiger partial charge >= 0.3 is 0 Å². The van der Waals surface area contributed by atoms with Gasteiger partial charge in [-0.25, -0.2) is 0 Å². The Labute approximate surface area is 96.2 Å². The molecule has 0 radical (unpaired) electrons. The molecular formula is C9H9ClN4O2. The summed E-state index contributed by atoms with van der Waals surface area (Å²) in [5, 5.41) is 10.4. The number of anilines is 1. The van der Waals surface area contributed by atoms with Crippen LogP contribution in [0.2, 0.25) is 5.02 Å². The zero-order valence-electron chi connectivity index (χ0n) is 8.48. The van der Waals surface area contributed by atoms with Crippen LogP contribution < -0.4 is 5.32 Å². The van der Waals surface area contributed by atoms with Crippen molar-refractivity contribution in [3.63, 3.8) is 0 Å². The van der Waals surface area contributed by atoms with Crippen LogP contribution in [0.3, 0.4) is 0 Å². The zero-order chi connectivity index (χ0) is 11.5. The number of rotatable bonds is 3. The van der Waals surface area contributed by atoms with Crippen molar-refractivity contribution in [3.8, 4) is 0 Å². The fourth-order valence-electron chi connectivity index (χ4n) is 1.17. The maximum Gasteiger partial charge on any atom is 0.278 e. The van der Waals surface area contributed by atoms with Gasteiger partial charge in [0.1, 0.15) is 6.26 Å². The Balaban J connectivity index is 2.17. The van der Waals surface area contributed by atoms with Gasteiger partial charge in [-0.1, -0.05) is 16.8 Å². The maximum absolute atomic E-state index is 11.7. The standard InChI is InChI=1S/C9H9ClN4O2/c1-2-14-5-6(10)8(12-14)9(15)11-7-3-4-16-13-7/h3-5H,2H2,1H3,(H,11,13,15). The molecule has 6 nitrogen and oxygen atoms in total. The molecule has 84 valence electrons. The highest BCUT2D eigenvalue weighted by molar-refractivity contribution is 6.34. The average Bonchev–Trinajstić information content (AvgIpc) is 2.87. The molecule has 0 unspecified atom stereocenters. The number of hydrogen-bond acceptors (Lipinski definition) is 4. The Morgan fingerprint density at radius 3 is 3.06 bits per heavy atom. The van der Waals surface area contributed by atoms with Crippen molar-refractivity contribution in [1.82, 2.24) is 14.9 Å². The van der Waals surface area contributed by atoms with E-state index in [-0.39, 0.29) is 5.69 Å². The maximum atomic E-state index is 11.7. The number of amides is 1. The number of aromatic nitrogens is 3. The molecule has 0 bridgehead atoms. The first-order chi connectivity index (χ1) is 7.70. The molecule has 2 rings (SSSR count). The van der Waals surface area contributed by atoms with Crippen molar-refractivity contribution in [1.29, 1.82) is 0 Å². The van der Waals surface area contributed by atoms with Gasteiger partial charge < -0.3 is 9.84 Å². The largest absolute Gasteiger partial charge is 0.363 e. The molecule has 0 spiro atoms. The molecular weight excluding hydrogens is 232 g/mol. The zero-order valence-corrected chi connectivity index (χ0v) is 9.23. The normalized spacial score (nSPS) is 10.4. The van der Waals surface area contributed by atoms with E-state index in [0.29, 0.717) is 17.4 Å². The smallest absolute Gasteiger partial charge is 0.278 e. The third kappa shape index (κ3) is 2.06. The van der Waals surface area contributed by atoms with E-state index in [1.165, 1.54) is 12.3 Å². The molecule has 2 heterocycles. The highest BCUT2D eigenvalue weighted by Crippen LogP contribution is 2.15. The van der Waals surface area contributed by atoms with Gasteiger partial charge in [0.25, 0.3) is 5.91 Å². The molecule has 0 aliphatic carbocycles. The molecule has 1 N–H and O–H groups in total. The summed E-state index contributed by atoms with van der Waals surface area (Å²) < 4.78 is 6.17. The number of nitrogens with zero attached hydrogens (tertiary/aromatic N) is 3. The number of aryl methyl sites for hydroxylation is 1. The van der Waals surface area contributed by atoms with Gasteiger partial charge in [0.2, 0.25) is 0 Å². The molecule has 0 aliphatic rings. The molecule has 2 aromatic rings. The van der Waals surface area contributed by atoms with E-state index in [1.807, 2.05) is 6.92 Å². The Hall–Kier alpha value is -1.82. The lowest BCUT2D eigenvalue weighted by atomic mass is 10.4. The molecule has 1 amide bonds. The predicted octanol–water partition coefficient (Wildman–Crippen LogP) is 1.80. The second-order valence-corrected chi connectivity index (χ2v) is 3.43. The summed E-state index contributed by atoms with van der Waals surface area (Å²) in [7, 11) is 0. The van der Waals surface area contributed by atoms with E-state index in [2.05, 4.69) is 20.1 Å². The second kappa shape index (κ2) is 4.36. The van der Waals surface area contributed by atoms with Gasteiger partial charge in [0.15, 0.2) is 11.5 Å². The number of halogens is 1. The fourth-order valence-corrected chi connectivity index (χ4v) is 1.40. The van der Waals surface area contributed by atoms with Gasteiger partial charge in [-0.05, 0) is 6.92 Å². The topological polar surface area (TPSA) is 73.0 Å². The van der Waals surface area contributed by atoms with E-state index in [9.17, 15) is 4.79 Å². The Morgan fingerprint density at radius 2 is 2.50 bits per heavy atom. The van der Waals surface area contributed by atoms with Gasteiger partial charge in [0.05, 0.1) is 5.02 Å². The van der Waals surface area contributed by atoms with Crippen molar-refractivity contribution in [2.45, 2.75) is 13.5 Å². The molecule has 0 atom stereocenters. The van der Waals surface area contributed by atoms with Crippen LogP contribution in [0.25, 0.3) is 0 Å². The minimum Gasteiger partial charge on any atom is -0.363 e. The van der Waals surface area contributed by atoms with E-state index < -0.39 is 5.91 Å². The summed E-state index contributed by atoms with van der Waals surface area (Å²) in [5.74, 6) is -0.0850. The van der Waals surface area contributed by atoms with Crippen LogP contribution >= 0.6 is 11.6 Å². The number of carbonyl (C=O) groups excluding carboxylic acids is 1. The number of nitrogens with one attached hydrogen (secondary N) is 1. The summed E-state index contributed by atoms with van der Waals surface area (Å²) in [4.78, 5) is 11.7. The lowest BCUT2D eigenvalue weighted by Gasteiger charge is -1.97. The molecule has 16 heavy (non-hydrogen) atoms. The van der Waals surface area contributed by atoms with Crippen LogP contribution in [-0.2, 0) is 6.54 Å². The Morgan fingerprint density at radius 1 is 1.69 bits per heavy atom. The third-order valence-corrected chi connectivity index (χ3v) is 2.21. The van der Waals surface area contributed by atoms with Gasteiger partial charge in [-0.2, -0.15) is 5.10 Å². The highest BCUT2D eigenvalue weighted by atomic mass is 35.5. The molecule has 0 aliphatic heterocycles. The summed E-state index contributed by atoms with van der Waals surface area (Å²) in [6.07, 6.45) is 2.96. The fraction of sp³-hybridized carbons (Fsp3) is 0.222. The third-order valence-electron chi connectivity index (χ3n) is 1.94. The summed E-state index contributed by atoms with van der Waals surface area (Å²) in [6.45, 7) is 2.56. The van der Waals surface area contributed by atoms with Gasteiger partial charge in [0, 0.05) is 18.8 Å². The first-order valence-corrected chi connectivity index (χ1v) is 5.03. The van der Waals surface area contributed by atoms with E-state index >= 15 is 0 Å². The van der Waals surface area contributed by atoms with Gasteiger partial charge in [-0.3, -0.25) is 9.48 Å². The molecule has 0 saturated carbocycles. The first-order valence-electron chi connectivity index (χ1n) is 4.65. The van der Waals surface area contributed by atoms with Gasteiger partial charge in [-0.15, -0.1) is 0 Å². The number of hydrogen-bond donors (Lipinski definition) is 1. The van der Waals surface area contributed by atoms with E-state index in [0.717, 1.165) is 0 Å². The first kappa shape index (κ1) is 10.7. The monoisotopic (exact) mass is 240 g/mol. The van der Waals surface area contributed by atoms with Crippen molar-refractivity contribution in [3.05, 3.63) is 29.2 Å². The lowest BCUT2D eigenvalue weighted by molar-refractivity contribution is 0.102. The highest BCUT2D eigenvalue weighted by Gasteiger charge is 2.16. The minimum atomic E-state index is -0.411. The van der Waals surface area contributed by atoms with Crippen molar-refractivity contribution in [2.24, 2.45) is 0 Å². The summed E-state index contributed by atoms with van der Waals surface area (Å²) in [5.41, 5.74) is 0.173. The van der Waals surface area contributed by atoms with Crippen LogP contribution in [-0.4, -0.2) is 20.8 Å². The second-order valence-electron chi connectivity index (χ2n) is 3.02. The van der Waals surface area contributed by atoms with Crippen molar-refractivity contribution >= 4 is 23.3 Å². The van der Waals surface area contributed by atoms with Crippen molar-refractivity contribution < 1.29 is 9.32 Å². The lowest BCUT2D eigenvalue weighted by Crippen LogP contribution is -2.13. The molecule has 2 aromatic heterocycles. The quantitative estimate of drug-likeness (QED) is 0.888. The minimum absolute atomic E-state index is 0.173. The van der Waals surface area contributed by atoms with E-state index in [1.54, 1.807) is 10.9 Å². The van der Waals surface area contributed by atoms with Crippen LogP contribution in [0.5, 0.6) is 0 Å². The van der Waals surface area contributed by atoms with Crippen LogP contribution in [0.15, 0.2) is 23.0 Å². The molecule has 7 heteroatoms. The Kier molecular flexibility index (Phi) is 2.91. The summed E-state index contributed by atoms with van der Waals surface area (Å²) >= 11 is 5.87. The Bertz CT molecular complexity index is 492. The van der Waals surface area contributed by atoms with Crippen LogP contribution in [0.1, 0.15) is 17.4 Å². The SMILES string of the molecule is CCn1cc(Cl)c(C(=O)Nc2ccon2)n1.